The van der Waals surface area contributed by atoms with Crippen molar-refractivity contribution in [1.29, 1.82) is 0 Å². The molecule has 4 heteroatoms. The first-order valence-corrected chi connectivity index (χ1v) is 7.24. The van der Waals surface area contributed by atoms with Gasteiger partial charge in [-0.1, -0.05) is 53.0 Å². The summed E-state index contributed by atoms with van der Waals surface area (Å²) in [7, 11) is 0. The van der Waals surface area contributed by atoms with Gasteiger partial charge in [-0.15, -0.1) is 0 Å². The van der Waals surface area contributed by atoms with Crippen molar-refractivity contribution in [2.45, 2.75) is 26.3 Å². The van der Waals surface area contributed by atoms with Gasteiger partial charge in [-0.3, -0.25) is 11.3 Å². The minimum Gasteiger partial charge on any atom is -0.271 e. The highest BCUT2D eigenvalue weighted by Crippen LogP contribution is 2.27. The fraction of sp³-hybridized carbons (Fsp3) is 0.250. The van der Waals surface area contributed by atoms with Gasteiger partial charge in [-0.25, -0.2) is 0 Å². The van der Waals surface area contributed by atoms with Gasteiger partial charge in [0.2, 0.25) is 0 Å². The van der Waals surface area contributed by atoms with E-state index in [1.54, 1.807) is 6.07 Å². The van der Waals surface area contributed by atoms with Crippen molar-refractivity contribution >= 4 is 23.2 Å². The van der Waals surface area contributed by atoms with E-state index in [1.165, 1.54) is 16.7 Å². The summed E-state index contributed by atoms with van der Waals surface area (Å²) < 4.78 is 0. The Morgan fingerprint density at radius 1 is 1.10 bits per heavy atom. The van der Waals surface area contributed by atoms with E-state index in [0.717, 1.165) is 12.0 Å². The molecule has 0 saturated carbocycles. The standard InChI is InChI=1S/C16H18Cl2N2/c1-10-3-4-11(2)14(7-10)16(20-19)8-12-5-6-13(17)9-15(12)18/h3-7,9,16,20H,8,19H2,1-2H3. The maximum atomic E-state index is 6.24. The van der Waals surface area contributed by atoms with Crippen molar-refractivity contribution < 1.29 is 0 Å². The Morgan fingerprint density at radius 2 is 1.85 bits per heavy atom. The summed E-state index contributed by atoms with van der Waals surface area (Å²) in [6, 6.07) is 11.9. The molecule has 0 aliphatic rings. The lowest BCUT2D eigenvalue weighted by Gasteiger charge is -2.20. The van der Waals surface area contributed by atoms with Crippen LogP contribution in [0.15, 0.2) is 36.4 Å². The Bertz CT molecular complexity index is 611. The molecule has 0 aliphatic heterocycles. The zero-order chi connectivity index (χ0) is 14.7. The predicted molar refractivity (Wildman–Crippen MR) is 86.1 cm³/mol. The molecule has 0 aromatic heterocycles. The minimum absolute atomic E-state index is 0.0218. The molecule has 1 unspecified atom stereocenters. The molecule has 0 saturated heterocycles. The zero-order valence-corrected chi connectivity index (χ0v) is 13.1. The molecule has 0 aliphatic carbocycles. The quantitative estimate of drug-likeness (QED) is 0.650. The van der Waals surface area contributed by atoms with Crippen molar-refractivity contribution in [3.8, 4) is 0 Å². The van der Waals surface area contributed by atoms with E-state index < -0.39 is 0 Å². The van der Waals surface area contributed by atoms with Crippen molar-refractivity contribution in [2.75, 3.05) is 0 Å². The summed E-state index contributed by atoms with van der Waals surface area (Å²) in [5.74, 6) is 5.73. The van der Waals surface area contributed by atoms with Crippen LogP contribution in [0.3, 0.4) is 0 Å². The number of rotatable bonds is 4. The Morgan fingerprint density at radius 3 is 2.50 bits per heavy atom. The Balaban J connectivity index is 2.31. The van der Waals surface area contributed by atoms with Gasteiger partial charge in [0.05, 0.1) is 6.04 Å². The second kappa shape index (κ2) is 6.59. The molecule has 20 heavy (non-hydrogen) atoms. The number of nitrogens with one attached hydrogen (secondary N) is 1. The molecule has 0 radical (unpaired) electrons. The number of nitrogens with two attached hydrogens (primary N) is 1. The first kappa shape index (κ1) is 15.3. The predicted octanol–water partition coefficient (Wildman–Crippen LogP) is 4.36. The van der Waals surface area contributed by atoms with Gasteiger partial charge in [0, 0.05) is 10.0 Å². The minimum atomic E-state index is 0.0218. The van der Waals surface area contributed by atoms with Crippen LogP contribution in [0, 0.1) is 13.8 Å². The number of benzene rings is 2. The Kier molecular flexibility index (Phi) is 5.06. The van der Waals surface area contributed by atoms with Gasteiger partial charge in [0.25, 0.3) is 0 Å². The lowest BCUT2D eigenvalue weighted by molar-refractivity contribution is 0.549. The van der Waals surface area contributed by atoms with Gasteiger partial charge >= 0.3 is 0 Å². The third-order valence-electron chi connectivity index (χ3n) is 3.45. The van der Waals surface area contributed by atoms with E-state index in [4.69, 9.17) is 29.0 Å². The maximum Gasteiger partial charge on any atom is 0.0503 e. The molecule has 0 spiro atoms. The highest BCUT2D eigenvalue weighted by molar-refractivity contribution is 6.35. The third kappa shape index (κ3) is 3.53. The lowest BCUT2D eigenvalue weighted by Crippen LogP contribution is -2.30. The van der Waals surface area contributed by atoms with Gasteiger partial charge < -0.3 is 0 Å². The smallest absolute Gasteiger partial charge is 0.0503 e. The molecular weight excluding hydrogens is 291 g/mol. The van der Waals surface area contributed by atoms with Crippen molar-refractivity contribution in [2.24, 2.45) is 5.84 Å². The fourth-order valence-electron chi connectivity index (χ4n) is 2.30. The van der Waals surface area contributed by atoms with Crippen molar-refractivity contribution in [3.05, 3.63) is 68.7 Å². The summed E-state index contributed by atoms with van der Waals surface area (Å²) in [5, 5.41) is 1.31. The maximum absolute atomic E-state index is 6.24. The zero-order valence-electron chi connectivity index (χ0n) is 11.6. The average Bonchev–Trinajstić information content (AvgIpc) is 2.41. The van der Waals surface area contributed by atoms with E-state index in [-0.39, 0.29) is 6.04 Å². The number of aryl methyl sites for hydroxylation is 2. The molecule has 0 fully saturated rings. The molecular formula is C16H18Cl2N2. The lowest BCUT2D eigenvalue weighted by atomic mass is 9.94. The molecule has 2 aromatic rings. The van der Waals surface area contributed by atoms with Crippen LogP contribution >= 0.6 is 23.2 Å². The van der Waals surface area contributed by atoms with E-state index in [9.17, 15) is 0 Å². The summed E-state index contributed by atoms with van der Waals surface area (Å²) in [6.45, 7) is 4.16. The normalized spacial score (nSPS) is 12.4. The fourth-order valence-corrected chi connectivity index (χ4v) is 2.79. The Labute approximate surface area is 129 Å². The number of hydrogen-bond donors (Lipinski definition) is 2. The number of hydrogen-bond acceptors (Lipinski definition) is 2. The van der Waals surface area contributed by atoms with Crippen LogP contribution in [0.4, 0.5) is 0 Å². The van der Waals surface area contributed by atoms with Crippen LogP contribution in [0.2, 0.25) is 10.0 Å². The van der Waals surface area contributed by atoms with Crippen LogP contribution in [0.5, 0.6) is 0 Å². The molecule has 1 atom stereocenters. The van der Waals surface area contributed by atoms with Gasteiger partial charge in [0.15, 0.2) is 0 Å². The van der Waals surface area contributed by atoms with E-state index in [1.807, 2.05) is 12.1 Å². The monoisotopic (exact) mass is 308 g/mol. The second-order valence-electron chi connectivity index (χ2n) is 5.02. The van der Waals surface area contributed by atoms with Gasteiger partial charge in [-0.05, 0) is 49.1 Å². The highest BCUT2D eigenvalue weighted by Gasteiger charge is 2.15. The van der Waals surface area contributed by atoms with Crippen LogP contribution in [-0.2, 0) is 6.42 Å². The van der Waals surface area contributed by atoms with E-state index >= 15 is 0 Å². The molecule has 0 heterocycles. The molecule has 0 amide bonds. The molecule has 2 aromatic carbocycles. The molecule has 106 valence electrons. The Hall–Kier alpha value is -1.06. The molecule has 3 N–H and O–H groups in total. The molecule has 2 nitrogen and oxygen atoms in total. The van der Waals surface area contributed by atoms with Crippen LogP contribution < -0.4 is 11.3 Å². The topological polar surface area (TPSA) is 38.0 Å². The van der Waals surface area contributed by atoms with E-state index in [0.29, 0.717) is 10.0 Å². The summed E-state index contributed by atoms with van der Waals surface area (Å²) >= 11 is 12.2. The first-order valence-electron chi connectivity index (χ1n) is 6.48. The first-order chi connectivity index (χ1) is 9.51. The van der Waals surface area contributed by atoms with Crippen LogP contribution in [0.25, 0.3) is 0 Å². The summed E-state index contributed by atoms with van der Waals surface area (Å²) in [5.41, 5.74) is 7.53. The van der Waals surface area contributed by atoms with Crippen molar-refractivity contribution in [3.63, 3.8) is 0 Å². The second-order valence-corrected chi connectivity index (χ2v) is 5.86. The van der Waals surface area contributed by atoms with Crippen LogP contribution in [-0.4, -0.2) is 0 Å². The summed E-state index contributed by atoms with van der Waals surface area (Å²) in [6.07, 6.45) is 0.719. The van der Waals surface area contributed by atoms with Gasteiger partial charge in [-0.2, -0.15) is 0 Å². The third-order valence-corrected chi connectivity index (χ3v) is 4.04. The summed E-state index contributed by atoms with van der Waals surface area (Å²) in [4.78, 5) is 0. The molecule has 2 rings (SSSR count). The van der Waals surface area contributed by atoms with Gasteiger partial charge in [0.1, 0.15) is 0 Å². The molecule has 0 bridgehead atoms. The number of hydrazine groups is 1. The number of halogens is 2. The van der Waals surface area contributed by atoms with E-state index in [2.05, 4.69) is 37.5 Å². The highest BCUT2D eigenvalue weighted by atomic mass is 35.5. The SMILES string of the molecule is Cc1ccc(C)c(C(Cc2ccc(Cl)cc2Cl)NN)c1. The average molecular weight is 309 g/mol. The largest absolute Gasteiger partial charge is 0.271 e. The van der Waals surface area contributed by atoms with Crippen molar-refractivity contribution in [1.82, 2.24) is 5.43 Å². The van der Waals surface area contributed by atoms with Crippen LogP contribution in [0.1, 0.15) is 28.3 Å².